The number of fused-ring (bicyclic) bond motifs is 2. The number of hydrogen-bond acceptors (Lipinski definition) is 6. The number of Topliss-reactive ketones (excluding diaryl/α,β-unsaturated/α-hetero) is 2. The van der Waals surface area contributed by atoms with Crippen LogP contribution in [0, 0.1) is 0 Å². The SMILES string of the molecule is O=C(CSc1nc2nc3c(cn2n1)C(=O)C[C@H](c1ccccc1)C3)c1ccccc1. The Balaban J connectivity index is 1.37. The van der Waals surface area contributed by atoms with Crippen molar-refractivity contribution in [2.45, 2.75) is 23.9 Å². The number of ketones is 2. The lowest BCUT2D eigenvalue weighted by molar-refractivity contribution is 0.0961. The summed E-state index contributed by atoms with van der Waals surface area (Å²) in [5.74, 6) is 0.915. The Hall–Kier alpha value is -3.32. The van der Waals surface area contributed by atoms with Crippen molar-refractivity contribution in [3.63, 3.8) is 0 Å². The highest BCUT2D eigenvalue weighted by molar-refractivity contribution is 7.99. The molecular formula is C23H18N4O2S. The minimum atomic E-state index is 0.0209. The van der Waals surface area contributed by atoms with E-state index in [4.69, 9.17) is 0 Å². The molecule has 0 amide bonds. The average Bonchev–Trinajstić information content (AvgIpc) is 3.19. The van der Waals surface area contributed by atoms with Crippen LogP contribution < -0.4 is 0 Å². The first-order chi connectivity index (χ1) is 14.7. The maximum Gasteiger partial charge on any atom is 0.253 e. The Bertz CT molecular complexity index is 1240. The minimum Gasteiger partial charge on any atom is -0.294 e. The lowest BCUT2D eigenvalue weighted by atomic mass is 9.82. The zero-order chi connectivity index (χ0) is 20.5. The molecule has 4 aromatic rings. The van der Waals surface area contributed by atoms with Gasteiger partial charge in [-0.05, 0) is 17.9 Å². The maximum atomic E-state index is 12.7. The van der Waals surface area contributed by atoms with Gasteiger partial charge in [-0.3, -0.25) is 9.59 Å². The topological polar surface area (TPSA) is 77.2 Å². The van der Waals surface area contributed by atoms with Crippen LogP contribution in [0.4, 0.5) is 0 Å². The summed E-state index contributed by atoms with van der Waals surface area (Å²) in [5, 5.41) is 4.87. The molecule has 148 valence electrons. The Kier molecular flexibility index (Phi) is 4.88. The number of carbonyl (C=O) groups is 2. The van der Waals surface area contributed by atoms with E-state index in [9.17, 15) is 9.59 Å². The summed E-state index contributed by atoms with van der Waals surface area (Å²) < 4.78 is 1.54. The number of thioether (sulfide) groups is 1. The highest BCUT2D eigenvalue weighted by Crippen LogP contribution is 2.32. The van der Waals surface area contributed by atoms with E-state index < -0.39 is 0 Å². The van der Waals surface area contributed by atoms with Crippen LogP contribution in [0.2, 0.25) is 0 Å². The highest BCUT2D eigenvalue weighted by Gasteiger charge is 2.28. The second kappa shape index (κ2) is 7.84. The number of hydrogen-bond donors (Lipinski definition) is 0. The first-order valence-electron chi connectivity index (χ1n) is 9.73. The summed E-state index contributed by atoms with van der Waals surface area (Å²) in [6, 6.07) is 19.2. The Labute approximate surface area is 177 Å². The summed E-state index contributed by atoms with van der Waals surface area (Å²) in [5.41, 5.74) is 3.18. The van der Waals surface area contributed by atoms with Crippen molar-refractivity contribution in [2.24, 2.45) is 0 Å². The van der Waals surface area contributed by atoms with Crippen LogP contribution in [0.5, 0.6) is 0 Å². The van der Waals surface area contributed by atoms with Gasteiger partial charge < -0.3 is 0 Å². The van der Waals surface area contributed by atoms with Crippen molar-refractivity contribution in [1.29, 1.82) is 0 Å². The molecule has 0 saturated carbocycles. The molecule has 0 fully saturated rings. The van der Waals surface area contributed by atoms with Crippen LogP contribution in [0.15, 0.2) is 72.0 Å². The van der Waals surface area contributed by atoms with Crippen LogP contribution >= 0.6 is 11.8 Å². The summed E-state index contributed by atoms with van der Waals surface area (Å²) in [6.45, 7) is 0. The molecule has 6 nitrogen and oxygen atoms in total. The van der Waals surface area contributed by atoms with Crippen LogP contribution in [-0.4, -0.2) is 36.9 Å². The zero-order valence-electron chi connectivity index (χ0n) is 16.1. The van der Waals surface area contributed by atoms with Gasteiger partial charge >= 0.3 is 0 Å². The minimum absolute atomic E-state index is 0.0209. The summed E-state index contributed by atoms with van der Waals surface area (Å²) in [7, 11) is 0. The van der Waals surface area contributed by atoms with Crippen molar-refractivity contribution in [2.75, 3.05) is 5.75 Å². The third-order valence-corrected chi connectivity index (χ3v) is 6.10. The fourth-order valence-corrected chi connectivity index (χ4v) is 4.44. The van der Waals surface area contributed by atoms with Crippen LogP contribution in [-0.2, 0) is 6.42 Å². The second-order valence-corrected chi connectivity index (χ2v) is 8.20. The standard InChI is InChI=1S/C23H18N4O2S/c28-20-12-17(15-7-3-1-4-8-15)11-19-18(20)13-27-22(24-19)25-23(26-27)30-14-21(29)16-9-5-2-6-10-16/h1-10,13,17H,11-12,14H2/t17-/m1/s1. The Morgan fingerprint density at radius 1 is 1.00 bits per heavy atom. The fraction of sp³-hybridized carbons (Fsp3) is 0.174. The van der Waals surface area contributed by atoms with Crippen molar-refractivity contribution in [3.05, 3.63) is 89.2 Å². The third kappa shape index (κ3) is 3.64. The van der Waals surface area contributed by atoms with Gasteiger partial charge in [0.05, 0.1) is 17.0 Å². The number of benzene rings is 2. The predicted octanol–water partition coefficient (Wildman–Crippen LogP) is 4.01. The van der Waals surface area contributed by atoms with Crippen molar-refractivity contribution in [3.8, 4) is 0 Å². The molecule has 2 aromatic heterocycles. The molecule has 0 saturated heterocycles. The predicted molar refractivity (Wildman–Crippen MR) is 114 cm³/mol. The van der Waals surface area contributed by atoms with Gasteiger partial charge in [0.2, 0.25) is 5.16 Å². The van der Waals surface area contributed by atoms with Gasteiger partial charge in [0.1, 0.15) is 0 Å². The number of rotatable bonds is 5. The van der Waals surface area contributed by atoms with E-state index in [1.165, 1.54) is 16.3 Å². The smallest absolute Gasteiger partial charge is 0.253 e. The van der Waals surface area contributed by atoms with E-state index in [0.29, 0.717) is 34.9 Å². The van der Waals surface area contributed by atoms with Crippen molar-refractivity contribution < 1.29 is 9.59 Å². The number of aromatic nitrogens is 4. The number of carbonyl (C=O) groups excluding carboxylic acids is 2. The third-order valence-electron chi connectivity index (χ3n) is 5.26. The van der Waals surface area contributed by atoms with Gasteiger partial charge in [0.15, 0.2) is 11.6 Å². The molecule has 2 aromatic carbocycles. The van der Waals surface area contributed by atoms with Crippen LogP contribution in [0.3, 0.4) is 0 Å². The van der Waals surface area contributed by atoms with Gasteiger partial charge in [-0.15, -0.1) is 5.10 Å². The summed E-state index contributed by atoms with van der Waals surface area (Å²) in [6.07, 6.45) is 2.88. The van der Waals surface area contributed by atoms with E-state index in [1.54, 1.807) is 18.3 Å². The Morgan fingerprint density at radius 2 is 1.73 bits per heavy atom. The highest BCUT2D eigenvalue weighted by atomic mass is 32.2. The molecule has 0 aliphatic heterocycles. The van der Waals surface area contributed by atoms with Gasteiger partial charge in [0, 0.05) is 18.2 Å². The molecule has 0 spiro atoms. The van der Waals surface area contributed by atoms with E-state index >= 15 is 0 Å². The summed E-state index contributed by atoms with van der Waals surface area (Å²) >= 11 is 1.27. The number of nitrogens with zero attached hydrogens (tertiary/aromatic N) is 4. The Morgan fingerprint density at radius 3 is 2.50 bits per heavy atom. The van der Waals surface area contributed by atoms with E-state index in [-0.39, 0.29) is 23.2 Å². The van der Waals surface area contributed by atoms with Crippen LogP contribution in [0.25, 0.3) is 5.78 Å². The van der Waals surface area contributed by atoms with E-state index in [2.05, 4.69) is 27.2 Å². The molecule has 1 aliphatic carbocycles. The largest absolute Gasteiger partial charge is 0.294 e. The average molecular weight is 414 g/mol. The molecule has 30 heavy (non-hydrogen) atoms. The first kappa shape index (κ1) is 18.7. The molecule has 2 heterocycles. The van der Waals surface area contributed by atoms with E-state index in [1.807, 2.05) is 36.4 Å². The molecule has 5 rings (SSSR count). The van der Waals surface area contributed by atoms with Crippen molar-refractivity contribution >= 4 is 29.1 Å². The van der Waals surface area contributed by atoms with Gasteiger partial charge in [-0.2, -0.15) is 4.98 Å². The summed E-state index contributed by atoms with van der Waals surface area (Å²) in [4.78, 5) is 34.1. The maximum absolute atomic E-state index is 12.7. The lowest BCUT2D eigenvalue weighted by Crippen LogP contribution is -2.21. The van der Waals surface area contributed by atoms with Crippen molar-refractivity contribution in [1.82, 2.24) is 19.6 Å². The van der Waals surface area contributed by atoms with Crippen LogP contribution in [0.1, 0.15) is 44.3 Å². The molecule has 0 radical (unpaired) electrons. The quantitative estimate of drug-likeness (QED) is 0.363. The molecule has 0 unspecified atom stereocenters. The van der Waals surface area contributed by atoms with Gasteiger partial charge in [0.25, 0.3) is 5.78 Å². The molecule has 7 heteroatoms. The second-order valence-electron chi connectivity index (χ2n) is 7.26. The van der Waals surface area contributed by atoms with E-state index in [0.717, 1.165) is 11.3 Å². The zero-order valence-corrected chi connectivity index (χ0v) is 16.9. The molecule has 0 N–H and O–H groups in total. The normalized spacial score (nSPS) is 15.9. The molecule has 1 atom stereocenters. The molecular weight excluding hydrogens is 396 g/mol. The van der Waals surface area contributed by atoms with Gasteiger partial charge in [-0.25, -0.2) is 9.50 Å². The fourth-order valence-electron chi connectivity index (χ4n) is 3.72. The first-order valence-corrected chi connectivity index (χ1v) is 10.7. The molecule has 0 bridgehead atoms. The van der Waals surface area contributed by atoms with Gasteiger partial charge in [-0.1, -0.05) is 72.4 Å². The monoisotopic (exact) mass is 414 g/mol. The molecule has 1 aliphatic rings. The lowest BCUT2D eigenvalue weighted by Gasteiger charge is -2.22.